The van der Waals surface area contributed by atoms with E-state index in [0.717, 1.165) is 43.2 Å². The zero-order valence-corrected chi connectivity index (χ0v) is 20.7. The molecule has 5 rings (SSSR count). The maximum atomic E-state index is 13.9. The maximum absolute atomic E-state index is 13.9. The predicted octanol–water partition coefficient (Wildman–Crippen LogP) is 7.70. The first kappa shape index (κ1) is 26.5. The summed E-state index contributed by atoms with van der Waals surface area (Å²) in [6.45, 7) is 6.58. The second-order valence-corrected chi connectivity index (χ2v) is 11.3. The molecule has 9 heteroatoms. The second-order valence-electron chi connectivity index (χ2n) is 11.3. The van der Waals surface area contributed by atoms with Crippen molar-refractivity contribution < 1.29 is 40.9 Å². The normalized spacial score (nSPS) is 32.4. The summed E-state index contributed by atoms with van der Waals surface area (Å²) < 4.78 is 95.4. The van der Waals surface area contributed by atoms with Crippen molar-refractivity contribution in [2.24, 2.45) is 22.7 Å². The summed E-state index contributed by atoms with van der Waals surface area (Å²) in [5.74, 6) is 0.491. The topological polar surface area (TPSA) is 38.7 Å². The molecule has 3 fully saturated rings. The average molecular weight is 529 g/mol. The third-order valence-corrected chi connectivity index (χ3v) is 9.41. The number of ether oxygens (including phenoxy) is 2. The van der Waals surface area contributed by atoms with Gasteiger partial charge in [-0.05, 0) is 58.8 Å². The molecule has 2 aromatic carbocycles. The Labute approximate surface area is 211 Å². The first-order chi connectivity index (χ1) is 17.2. The Hall–Kier alpha value is -2.10. The summed E-state index contributed by atoms with van der Waals surface area (Å²) in [5.41, 5.74) is -3.30. The van der Waals surface area contributed by atoms with Crippen LogP contribution >= 0.6 is 0 Å². The van der Waals surface area contributed by atoms with Crippen LogP contribution in [0.1, 0.15) is 74.5 Å². The van der Waals surface area contributed by atoms with E-state index in [2.05, 4.69) is 20.8 Å². The molecule has 202 valence electrons. The number of hydrogen-bond donors (Lipinski definition) is 1. The van der Waals surface area contributed by atoms with Crippen molar-refractivity contribution in [3.05, 3.63) is 70.8 Å². The van der Waals surface area contributed by atoms with E-state index in [1.807, 2.05) is 0 Å². The second kappa shape index (κ2) is 8.71. The highest BCUT2D eigenvalue weighted by Crippen LogP contribution is 2.71. The zero-order chi connectivity index (χ0) is 27.0. The van der Waals surface area contributed by atoms with Crippen molar-refractivity contribution in [1.29, 1.82) is 0 Å². The largest absolute Gasteiger partial charge is 0.416 e. The Morgan fingerprint density at radius 3 is 2.00 bits per heavy atom. The standard InChI is InChI=1S/C28H30F6O3/c1-25(2)18-12-13-26(25,3)24-17(18)14-21(37-24)36-23(16-9-5-7-11-20(16)28(32,33)34)22(35)15-8-4-6-10-19(15)27(29,30)31/h4-11,17-18,21-24,35H,12-14H2,1-3H3/t17-,18-,21-,22+,23-,24-,26+/m1/s1. The van der Waals surface area contributed by atoms with Crippen molar-refractivity contribution in [1.82, 2.24) is 0 Å². The smallest absolute Gasteiger partial charge is 0.385 e. The zero-order valence-electron chi connectivity index (χ0n) is 20.7. The van der Waals surface area contributed by atoms with Crippen molar-refractivity contribution in [3.8, 4) is 0 Å². The van der Waals surface area contributed by atoms with E-state index in [1.165, 1.54) is 18.2 Å². The Bertz CT molecular complexity index is 1160. The molecular weight excluding hydrogens is 498 g/mol. The first-order valence-electron chi connectivity index (χ1n) is 12.5. The van der Waals surface area contributed by atoms with E-state index in [-0.39, 0.29) is 22.9 Å². The Balaban J connectivity index is 1.52. The van der Waals surface area contributed by atoms with Crippen LogP contribution in [0.3, 0.4) is 0 Å². The van der Waals surface area contributed by atoms with Gasteiger partial charge in [-0.2, -0.15) is 26.3 Å². The molecule has 0 spiro atoms. The Morgan fingerprint density at radius 1 is 0.892 bits per heavy atom. The quantitative estimate of drug-likeness (QED) is 0.404. The SMILES string of the molecule is CC1(C)[C@@H]2CC[C@@]1(C)[C@@H]1O[C@@H](O[C@H](c3ccccc3C(F)(F)F)[C@@H](O)c3ccccc3C(F)(F)F)C[C@H]21. The van der Waals surface area contributed by atoms with Gasteiger partial charge in [-0.25, -0.2) is 0 Å². The minimum Gasteiger partial charge on any atom is -0.385 e. The van der Waals surface area contributed by atoms with Gasteiger partial charge in [0.25, 0.3) is 0 Å². The fraction of sp³-hybridized carbons (Fsp3) is 0.571. The molecule has 0 amide bonds. The van der Waals surface area contributed by atoms with Crippen LogP contribution < -0.4 is 0 Å². The average Bonchev–Trinajstić information content (AvgIpc) is 3.39. The van der Waals surface area contributed by atoms with E-state index in [0.29, 0.717) is 12.3 Å². The number of hydrogen-bond acceptors (Lipinski definition) is 3. The van der Waals surface area contributed by atoms with Crippen LogP contribution in [0, 0.1) is 22.7 Å². The monoisotopic (exact) mass is 528 g/mol. The molecule has 1 heterocycles. The number of aliphatic hydroxyl groups excluding tert-OH is 1. The lowest BCUT2D eigenvalue weighted by Gasteiger charge is -2.39. The van der Waals surface area contributed by atoms with Gasteiger partial charge in [0.05, 0.1) is 17.2 Å². The molecule has 2 bridgehead atoms. The van der Waals surface area contributed by atoms with Gasteiger partial charge in [0.15, 0.2) is 6.29 Å². The number of alkyl halides is 6. The van der Waals surface area contributed by atoms with E-state index >= 15 is 0 Å². The molecule has 0 aromatic heterocycles. The van der Waals surface area contributed by atoms with E-state index in [1.54, 1.807) is 0 Å². The maximum Gasteiger partial charge on any atom is 0.416 e. The van der Waals surface area contributed by atoms with Gasteiger partial charge >= 0.3 is 12.4 Å². The first-order valence-corrected chi connectivity index (χ1v) is 12.5. The minimum absolute atomic E-state index is 0.0285. The van der Waals surface area contributed by atoms with Crippen LogP contribution in [0.25, 0.3) is 0 Å². The molecule has 1 saturated heterocycles. The van der Waals surface area contributed by atoms with Gasteiger partial charge in [0.2, 0.25) is 0 Å². The molecule has 2 aliphatic carbocycles. The summed E-state index contributed by atoms with van der Waals surface area (Å²) in [6.07, 6.45) is -12.1. The van der Waals surface area contributed by atoms with Crippen LogP contribution in [-0.2, 0) is 21.8 Å². The summed E-state index contributed by atoms with van der Waals surface area (Å²) in [7, 11) is 0. The number of benzene rings is 2. The van der Waals surface area contributed by atoms with Crippen LogP contribution in [0.5, 0.6) is 0 Å². The number of rotatable bonds is 5. The van der Waals surface area contributed by atoms with E-state index in [9.17, 15) is 31.4 Å². The van der Waals surface area contributed by atoms with E-state index in [4.69, 9.17) is 9.47 Å². The molecule has 2 aromatic rings. The van der Waals surface area contributed by atoms with Gasteiger partial charge in [-0.15, -0.1) is 0 Å². The summed E-state index contributed by atoms with van der Waals surface area (Å²) in [6, 6.07) is 8.83. The molecule has 3 nitrogen and oxygen atoms in total. The van der Waals surface area contributed by atoms with Crippen molar-refractivity contribution in [3.63, 3.8) is 0 Å². The molecule has 1 N–H and O–H groups in total. The lowest BCUT2D eigenvalue weighted by Crippen LogP contribution is -2.38. The van der Waals surface area contributed by atoms with Crippen molar-refractivity contribution in [2.45, 2.75) is 77.0 Å². The van der Waals surface area contributed by atoms with Gasteiger partial charge in [-0.1, -0.05) is 57.2 Å². The molecule has 3 aliphatic rings. The van der Waals surface area contributed by atoms with E-state index < -0.39 is 53.1 Å². The Morgan fingerprint density at radius 2 is 1.43 bits per heavy atom. The number of fused-ring (bicyclic) bond motifs is 5. The highest BCUT2D eigenvalue weighted by Gasteiger charge is 2.69. The van der Waals surface area contributed by atoms with Crippen LogP contribution in [0.4, 0.5) is 26.3 Å². The fourth-order valence-corrected chi connectivity index (χ4v) is 7.23. The third-order valence-electron chi connectivity index (χ3n) is 9.41. The molecule has 0 unspecified atom stereocenters. The molecule has 0 radical (unpaired) electrons. The summed E-state index contributed by atoms with van der Waals surface area (Å²) in [5, 5.41) is 11.2. The molecular formula is C28H30F6O3. The molecule has 2 saturated carbocycles. The lowest BCUT2D eigenvalue weighted by atomic mass is 9.70. The predicted molar refractivity (Wildman–Crippen MR) is 123 cm³/mol. The third kappa shape index (κ3) is 4.17. The van der Waals surface area contributed by atoms with Crippen LogP contribution in [0.15, 0.2) is 48.5 Å². The van der Waals surface area contributed by atoms with Crippen LogP contribution in [0.2, 0.25) is 0 Å². The molecule has 1 aliphatic heterocycles. The van der Waals surface area contributed by atoms with Crippen molar-refractivity contribution in [2.75, 3.05) is 0 Å². The van der Waals surface area contributed by atoms with Gasteiger partial charge in [0.1, 0.15) is 12.2 Å². The molecule has 7 atom stereocenters. The van der Waals surface area contributed by atoms with Crippen molar-refractivity contribution >= 4 is 0 Å². The Kier molecular flexibility index (Phi) is 6.24. The lowest BCUT2D eigenvalue weighted by molar-refractivity contribution is -0.208. The minimum atomic E-state index is -4.81. The summed E-state index contributed by atoms with van der Waals surface area (Å²) in [4.78, 5) is 0. The number of halogens is 6. The van der Waals surface area contributed by atoms with Crippen LogP contribution in [-0.4, -0.2) is 17.5 Å². The fourth-order valence-electron chi connectivity index (χ4n) is 7.23. The number of aliphatic hydroxyl groups is 1. The molecule has 37 heavy (non-hydrogen) atoms. The highest BCUT2D eigenvalue weighted by atomic mass is 19.4. The van der Waals surface area contributed by atoms with Gasteiger partial charge in [0, 0.05) is 6.42 Å². The van der Waals surface area contributed by atoms with Gasteiger partial charge in [-0.3, -0.25) is 0 Å². The summed E-state index contributed by atoms with van der Waals surface area (Å²) >= 11 is 0. The highest BCUT2D eigenvalue weighted by molar-refractivity contribution is 5.37. The van der Waals surface area contributed by atoms with Gasteiger partial charge < -0.3 is 14.6 Å².